The van der Waals surface area contributed by atoms with E-state index in [0.717, 1.165) is 22.2 Å². The zero-order chi connectivity index (χ0) is 16.6. The number of fused-ring (bicyclic) bond motifs is 1. The van der Waals surface area contributed by atoms with Gasteiger partial charge >= 0.3 is 0 Å². The summed E-state index contributed by atoms with van der Waals surface area (Å²) in [6, 6.07) is 12.9. The molecule has 2 aromatic carbocycles. The summed E-state index contributed by atoms with van der Waals surface area (Å²) in [7, 11) is 0. The highest BCUT2D eigenvalue weighted by molar-refractivity contribution is 6.07. The van der Waals surface area contributed by atoms with E-state index in [0.29, 0.717) is 16.8 Å². The number of rotatable bonds is 3. The molecule has 0 fully saturated rings. The minimum Gasteiger partial charge on any atom is -0.389 e. The molecule has 0 saturated carbocycles. The second kappa shape index (κ2) is 5.89. The van der Waals surface area contributed by atoms with Crippen molar-refractivity contribution in [2.24, 2.45) is 0 Å². The molecule has 1 amide bonds. The fourth-order valence-electron chi connectivity index (χ4n) is 2.77. The van der Waals surface area contributed by atoms with Crippen molar-refractivity contribution in [3.63, 3.8) is 0 Å². The van der Waals surface area contributed by atoms with Crippen molar-refractivity contribution in [2.75, 3.05) is 5.32 Å². The van der Waals surface area contributed by atoms with E-state index in [2.05, 4.69) is 10.3 Å². The van der Waals surface area contributed by atoms with Crippen LogP contribution in [0.2, 0.25) is 0 Å². The molecule has 4 heteroatoms. The predicted molar refractivity (Wildman–Crippen MR) is 92.8 cm³/mol. The van der Waals surface area contributed by atoms with Crippen molar-refractivity contribution in [1.29, 1.82) is 0 Å². The molecule has 0 bridgehead atoms. The Bertz CT molecular complexity index is 878. The molecule has 1 atom stereocenters. The average molecular weight is 308 g/mol. The second-order valence-corrected chi connectivity index (χ2v) is 5.85. The second-order valence-electron chi connectivity index (χ2n) is 5.85. The number of aliphatic hydroxyl groups is 1. The van der Waals surface area contributed by atoms with E-state index in [1.165, 1.54) is 0 Å². The molecule has 0 aliphatic rings. The fourth-order valence-corrected chi connectivity index (χ4v) is 2.77. The highest BCUT2D eigenvalue weighted by Crippen LogP contribution is 2.25. The van der Waals surface area contributed by atoms with Crippen LogP contribution in [0.5, 0.6) is 0 Å². The number of benzene rings is 2. The van der Waals surface area contributed by atoms with E-state index in [-0.39, 0.29) is 5.91 Å². The summed E-state index contributed by atoms with van der Waals surface area (Å²) in [6.07, 6.45) is -0.636. The van der Waals surface area contributed by atoms with E-state index in [4.69, 9.17) is 0 Å². The Hall–Kier alpha value is -2.59. The number of carbonyl (C=O) groups excluding carboxylic acids is 1. The first-order valence-electron chi connectivity index (χ1n) is 7.64. The zero-order valence-corrected chi connectivity index (χ0v) is 13.5. The molecular formula is C19H20N2O2. The third kappa shape index (κ3) is 2.85. The van der Waals surface area contributed by atoms with Gasteiger partial charge in [0, 0.05) is 33.4 Å². The topological polar surface area (TPSA) is 65.1 Å². The molecule has 23 heavy (non-hydrogen) atoms. The normalized spacial score (nSPS) is 12.3. The molecule has 0 saturated heterocycles. The SMILES string of the molecule is Cc1[nH]c2ccc(C(=O)Nc3ccccc3C(C)O)cc2c1C. The molecule has 1 heterocycles. The number of carbonyl (C=O) groups is 1. The van der Waals surface area contributed by atoms with Gasteiger partial charge in [-0.2, -0.15) is 0 Å². The van der Waals surface area contributed by atoms with Gasteiger partial charge in [0.25, 0.3) is 5.91 Å². The highest BCUT2D eigenvalue weighted by Gasteiger charge is 2.13. The summed E-state index contributed by atoms with van der Waals surface area (Å²) < 4.78 is 0. The van der Waals surface area contributed by atoms with Gasteiger partial charge in [-0.15, -0.1) is 0 Å². The standard InChI is InChI=1S/C19H20N2O2/c1-11-12(2)20-18-9-8-14(10-16(11)18)19(23)21-17-7-5-4-6-15(17)13(3)22/h4-10,13,20,22H,1-3H3,(H,21,23). The summed E-state index contributed by atoms with van der Waals surface area (Å²) in [5, 5.41) is 13.8. The van der Waals surface area contributed by atoms with Crippen molar-refractivity contribution >= 4 is 22.5 Å². The number of aliphatic hydroxyl groups excluding tert-OH is 1. The van der Waals surface area contributed by atoms with Crippen molar-refractivity contribution in [2.45, 2.75) is 26.9 Å². The van der Waals surface area contributed by atoms with Gasteiger partial charge in [0.2, 0.25) is 0 Å². The van der Waals surface area contributed by atoms with Crippen LogP contribution in [0.3, 0.4) is 0 Å². The van der Waals surface area contributed by atoms with Crippen LogP contribution in [-0.4, -0.2) is 16.0 Å². The number of amides is 1. The molecular weight excluding hydrogens is 288 g/mol. The molecule has 1 aromatic heterocycles. The molecule has 0 spiro atoms. The first-order valence-corrected chi connectivity index (χ1v) is 7.64. The lowest BCUT2D eigenvalue weighted by Crippen LogP contribution is -2.13. The third-order valence-electron chi connectivity index (χ3n) is 4.23. The molecule has 3 rings (SSSR count). The van der Waals surface area contributed by atoms with Crippen molar-refractivity contribution in [3.05, 3.63) is 64.8 Å². The Morgan fingerprint density at radius 1 is 1.17 bits per heavy atom. The van der Waals surface area contributed by atoms with E-state index >= 15 is 0 Å². The number of para-hydroxylation sites is 1. The van der Waals surface area contributed by atoms with Gasteiger partial charge in [-0.3, -0.25) is 4.79 Å². The van der Waals surface area contributed by atoms with E-state index in [9.17, 15) is 9.90 Å². The van der Waals surface area contributed by atoms with Crippen LogP contribution in [0.4, 0.5) is 5.69 Å². The Labute approximate surface area is 135 Å². The van der Waals surface area contributed by atoms with Gasteiger partial charge in [-0.1, -0.05) is 18.2 Å². The molecule has 118 valence electrons. The molecule has 1 unspecified atom stereocenters. The number of anilines is 1. The molecule has 0 aliphatic carbocycles. The van der Waals surface area contributed by atoms with Crippen LogP contribution in [0.1, 0.15) is 40.2 Å². The lowest BCUT2D eigenvalue weighted by molar-refractivity contribution is 0.102. The van der Waals surface area contributed by atoms with Crippen LogP contribution < -0.4 is 5.32 Å². The molecule has 0 radical (unpaired) electrons. The van der Waals surface area contributed by atoms with Gasteiger partial charge in [0.15, 0.2) is 0 Å². The monoisotopic (exact) mass is 308 g/mol. The molecule has 3 N–H and O–H groups in total. The Kier molecular flexibility index (Phi) is 3.92. The summed E-state index contributed by atoms with van der Waals surface area (Å²) in [5.41, 5.74) is 5.22. The van der Waals surface area contributed by atoms with Crippen LogP contribution >= 0.6 is 0 Å². The van der Waals surface area contributed by atoms with Crippen molar-refractivity contribution in [1.82, 2.24) is 4.98 Å². The third-order valence-corrected chi connectivity index (χ3v) is 4.23. The fraction of sp³-hybridized carbons (Fsp3) is 0.211. The number of nitrogens with one attached hydrogen (secondary N) is 2. The lowest BCUT2D eigenvalue weighted by Gasteiger charge is -2.13. The molecule has 3 aromatic rings. The lowest BCUT2D eigenvalue weighted by atomic mass is 10.1. The van der Waals surface area contributed by atoms with E-state index < -0.39 is 6.10 Å². The maximum Gasteiger partial charge on any atom is 0.255 e. The summed E-state index contributed by atoms with van der Waals surface area (Å²) in [5.74, 6) is -0.182. The van der Waals surface area contributed by atoms with Gasteiger partial charge < -0.3 is 15.4 Å². The van der Waals surface area contributed by atoms with Crippen LogP contribution in [0.25, 0.3) is 10.9 Å². The van der Waals surface area contributed by atoms with Gasteiger partial charge in [0.05, 0.1) is 6.10 Å². The van der Waals surface area contributed by atoms with Crippen molar-refractivity contribution < 1.29 is 9.90 Å². The highest BCUT2D eigenvalue weighted by atomic mass is 16.3. The average Bonchev–Trinajstić information content (AvgIpc) is 2.82. The Morgan fingerprint density at radius 2 is 1.91 bits per heavy atom. The quantitative estimate of drug-likeness (QED) is 0.682. The number of hydrogen-bond donors (Lipinski definition) is 3. The smallest absolute Gasteiger partial charge is 0.255 e. The Morgan fingerprint density at radius 3 is 2.65 bits per heavy atom. The molecule has 0 aliphatic heterocycles. The van der Waals surface area contributed by atoms with Gasteiger partial charge in [-0.25, -0.2) is 0 Å². The van der Waals surface area contributed by atoms with Crippen molar-refractivity contribution in [3.8, 4) is 0 Å². The number of H-pyrrole nitrogens is 1. The van der Waals surface area contributed by atoms with E-state index in [1.807, 2.05) is 44.2 Å². The number of aromatic amines is 1. The molecule has 4 nitrogen and oxygen atoms in total. The zero-order valence-electron chi connectivity index (χ0n) is 13.5. The summed E-state index contributed by atoms with van der Waals surface area (Å²) in [6.45, 7) is 5.75. The minimum atomic E-state index is -0.636. The van der Waals surface area contributed by atoms with Gasteiger partial charge in [-0.05, 0) is 50.6 Å². The van der Waals surface area contributed by atoms with Gasteiger partial charge in [0.1, 0.15) is 0 Å². The van der Waals surface area contributed by atoms with Crippen LogP contribution in [0, 0.1) is 13.8 Å². The van der Waals surface area contributed by atoms with Crippen LogP contribution in [0.15, 0.2) is 42.5 Å². The summed E-state index contributed by atoms with van der Waals surface area (Å²) >= 11 is 0. The first kappa shape index (κ1) is 15.3. The minimum absolute atomic E-state index is 0.182. The van der Waals surface area contributed by atoms with E-state index in [1.54, 1.807) is 19.1 Å². The Balaban J connectivity index is 1.94. The maximum absolute atomic E-state index is 12.5. The largest absolute Gasteiger partial charge is 0.389 e. The number of hydrogen-bond acceptors (Lipinski definition) is 2. The predicted octanol–water partition coefficient (Wildman–Crippen LogP) is 4.09. The summed E-state index contributed by atoms with van der Waals surface area (Å²) in [4.78, 5) is 15.8. The number of aryl methyl sites for hydroxylation is 2. The maximum atomic E-state index is 12.5. The first-order chi connectivity index (χ1) is 11.0. The van der Waals surface area contributed by atoms with Crippen LogP contribution in [-0.2, 0) is 0 Å². The number of aromatic nitrogens is 1.